The molecule has 0 unspecified atom stereocenters. The third-order valence-corrected chi connectivity index (χ3v) is 4.77. The van der Waals surface area contributed by atoms with Gasteiger partial charge in [0.25, 0.3) is 0 Å². The van der Waals surface area contributed by atoms with Crippen LogP contribution in [0.5, 0.6) is 0 Å². The highest BCUT2D eigenvalue weighted by Crippen LogP contribution is 2.35. The Morgan fingerprint density at radius 1 is 1.21 bits per heavy atom. The van der Waals surface area contributed by atoms with Crippen LogP contribution in [0.2, 0.25) is 0 Å². The molecule has 0 fully saturated rings. The Balaban J connectivity index is 1.77. The van der Waals surface area contributed by atoms with Gasteiger partial charge in [-0.15, -0.1) is 11.3 Å². The summed E-state index contributed by atoms with van der Waals surface area (Å²) in [5, 5.41) is 4.99. The number of thiazole rings is 1. The van der Waals surface area contributed by atoms with E-state index < -0.39 is 17.6 Å². The molecule has 0 aliphatic carbocycles. The largest absolute Gasteiger partial charge is 0.416 e. The number of carbonyl (C=O) groups excluding carboxylic acids is 1. The summed E-state index contributed by atoms with van der Waals surface area (Å²) in [5.74, 6) is -0.444. The average molecular weight is 406 g/mol. The van der Waals surface area contributed by atoms with Crippen molar-refractivity contribution in [1.29, 1.82) is 0 Å². The summed E-state index contributed by atoms with van der Waals surface area (Å²) in [5.41, 5.74) is 0.992. The summed E-state index contributed by atoms with van der Waals surface area (Å²) in [4.78, 5) is 22.6. The van der Waals surface area contributed by atoms with Crippen molar-refractivity contribution >= 4 is 28.6 Å². The third-order valence-electron chi connectivity index (χ3n) is 3.86. The molecule has 0 saturated heterocycles. The summed E-state index contributed by atoms with van der Waals surface area (Å²) in [6.07, 6.45) is -2.89. The molecule has 1 aromatic carbocycles. The second-order valence-corrected chi connectivity index (χ2v) is 7.07. The molecule has 3 rings (SSSR count). The molecule has 3 aromatic rings. The molecule has 0 aliphatic rings. The van der Waals surface area contributed by atoms with Crippen LogP contribution in [-0.4, -0.2) is 30.0 Å². The minimum Gasteiger partial charge on any atom is -0.376 e. The summed E-state index contributed by atoms with van der Waals surface area (Å²) < 4.78 is 39.0. The van der Waals surface area contributed by atoms with Crippen molar-refractivity contribution in [2.75, 3.05) is 24.3 Å². The number of aromatic nitrogens is 2. The van der Waals surface area contributed by atoms with Crippen LogP contribution in [0.3, 0.4) is 0 Å². The number of benzene rings is 1. The Morgan fingerprint density at radius 3 is 2.64 bits per heavy atom. The van der Waals surface area contributed by atoms with E-state index in [2.05, 4.69) is 15.3 Å². The van der Waals surface area contributed by atoms with E-state index in [-0.39, 0.29) is 12.1 Å². The van der Waals surface area contributed by atoms with Gasteiger partial charge in [0, 0.05) is 25.7 Å². The van der Waals surface area contributed by atoms with Crippen molar-refractivity contribution in [2.24, 2.45) is 0 Å². The first-order valence-electron chi connectivity index (χ1n) is 8.28. The molecule has 1 amide bonds. The van der Waals surface area contributed by atoms with Gasteiger partial charge in [0.05, 0.1) is 34.7 Å². The van der Waals surface area contributed by atoms with E-state index in [1.54, 1.807) is 36.6 Å². The molecular formula is C19H17F3N4OS. The first kappa shape index (κ1) is 19.8. The smallest absolute Gasteiger partial charge is 0.376 e. The highest BCUT2D eigenvalue weighted by Gasteiger charge is 2.31. The fraction of sp³-hybridized carbons (Fsp3) is 0.211. The zero-order valence-corrected chi connectivity index (χ0v) is 15.9. The van der Waals surface area contributed by atoms with Gasteiger partial charge in [-0.25, -0.2) is 4.98 Å². The van der Waals surface area contributed by atoms with Crippen LogP contribution in [0.1, 0.15) is 11.3 Å². The van der Waals surface area contributed by atoms with E-state index >= 15 is 0 Å². The molecule has 146 valence electrons. The zero-order valence-electron chi connectivity index (χ0n) is 15.1. The van der Waals surface area contributed by atoms with Gasteiger partial charge < -0.3 is 10.2 Å². The quantitative estimate of drug-likeness (QED) is 0.679. The van der Waals surface area contributed by atoms with E-state index in [1.165, 1.54) is 17.4 Å². The van der Waals surface area contributed by atoms with Crippen molar-refractivity contribution in [2.45, 2.75) is 12.6 Å². The van der Waals surface area contributed by atoms with Gasteiger partial charge in [0.2, 0.25) is 5.91 Å². The first-order valence-corrected chi connectivity index (χ1v) is 9.16. The third kappa shape index (κ3) is 4.66. The van der Waals surface area contributed by atoms with Crippen molar-refractivity contribution in [3.05, 3.63) is 59.2 Å². The molecule has 2 aromatic heterocycles. The normalized spacial score (nSPS) is 11.3. The number of halogens is 3. The molecule has 1 N–H and O–H groups in total. The van der Waals surface area contributed by atoms with E-state index in [1.807, 2.05) is 12.1 Å². The fourth-order valence-corrected chi connectivity index (χ4v) is 3.35. The van der Waals surface area contributed by atoms with Gasteiger partial charge in [0.15, 0.2) is 0 Å². The molecule has 0 spiro atoms. The Morgan fingerprint density at radius 2 is 2.00 bits per heavy atom. The summed E-state index contributed by atoms with van der Waals surface area (Å²) in [6, 6.07) is 8.71. The highest BCUT2D eigenvalue weighted by molar-refractivity contribution is 7.13. The molecule has 2 heterocycles. The van der Waals surface area contributed by atoms with Crippen LogP contribution in [-0.2, 0) is 17.4 Å². The Hall–Kier alpha value is -2.94. The molecule has 0 radical (unpaired) electrons. The van der Waals surface area contributed by atoms with Gasteiger partial charge in [-0.3, -0.25) is 9.78 Å². The van der Waals surface area contributed by atoms with Crippen LogP contribution in [0, 0.1) is 0 Å². The molecule has 0 bridgehead atoms. The van der Waals surface area contributed by atoms with Gasteiger partial charge in [-0.05, 0) is 30.3 Å². The maximum absolute atomic E-state index is 13.0. The number of pyridine rings is 1. The SMILES string of the molecule is CN(C)c1ccc(C(F)(F)F)cc1NC(=O)Cc1csc(-c2ccccn2)n1. The molecule has 28 heavy (non-hydrogen) atoms. The molecule has 5 nitrogen and oxygen atoms in total. The number of amides is 1. The number of nitrogens with one attached hydrogen (secondary N) is 1. The number of alkyl halides is 3. The van der Waals surface area contributed by atoms with Gasteiger partial charge in [-0.1, -0.05) is 6.07 Å². The molecule has 0 aliphatic heterocycles. The van der Waals surface area contributed by atoms with Gasteiger partial charge >= 0.3 is 6.18 Å². The number of rotatable bonds is 5. The maximum atomic E-state index is 13.0. The number of hydrogen-bond acceptors (Lipinski definition) is 5. The predicted molar refractivity (Wildman–Crippen MR) is 103 cm³/mol. The second-order valence-electron chi connectivity index (χ2n) is 6.21. The minimum atomic E-state index is -4.49. The topological polar surface area (TPSA) is 58.1 Å². The summed E-state index contributed by atoms with van der Waals surface area (Å²) in [7, 11) is 3.38. The van der Waals surface area contributed by atoms with Crippen molar-refractivity contribution in [1.82, 2.24) is 9.97 Å². The monoisotopic (exact) mass is 406 g/mol. The molecular weight excluding hydrogens is 389 g/mol. The standard InChI is InChI=1S/C19H17F3N4OS/c1-26(2)16-7-6-12(19(20,21)22)9-15(16)25-17(27)10-13-11-28-18(24-13)14-5-3-4-8-23-14/h3-9,11H,10H2,1-2H3,(H,25,27). The Bertz CT molecular complexity index is 971. The highest BCUT2D eigenvalue weighted by atomic mass is 32.1. The Labute approximate surface area is 163 Å². The van der Waals surface area contributed by atoms with Crippen LogP contribution < -0.4 is 10.2 Å². The lowest BCUT2D eigenvalue weighted by molar-refractivity contribution is -0.137. The number of hydrogen-bond donors (Lipinski definition) is 1. The number of nitrogens with zero attached hydrogens (tertiary/aromatic N) is 3. The van der Waals surface area contributed by atoms with Crippen LogP contribution in [0.15, 0.2) is 48.0 Å². The van der Waals surface area contributed by atoms with E-state index in [0.717, 1.165) is 12.1 Å². The second kappa shape index (κ2) is 7.97. The van der Waals surface area contributed by atoms with E-state index in [9.17, 15) is 18.0 Å². The predicted octanol–water partition coefficient (Wildman–Crippen LogP) is 4.47. The first-order chi connectivity index (χ1) is 13.2. The summed E-state index contributed by atoms with van der Waals surface area (Å²) in [6.45, 7) is 0. The average Bonchev–Trinajstić information content (AvgIpc) is 3.09. The van der Waals surface area contributed by atoms with Crippen LogP contribution >= 0.6 is 11.3 Å². The lowest BCUT2D eigenvalue weighted by Gasteiger charge is -2.19. The van der Waals surface area contributed by atoms with Gasteiger partial charge in [-0.2, -0.15) is 13.2 Å². The molecule has 9 heteroatoms. The lowest BCUT2D eigenvalue weighted by Crippen LogP contribution is -2.19. The van der Waals surface area contributed by atoms with Crippen molar-refractivity contribution in [3.63, 3.8) is 0 Å². The maximum Gasteiger partial charge on any atom is 0.416 e. The van der Waals surface area contributed by atoms with Crippen LogP contribution in [0.4, 0.5) is 24.5 Å². The fourth-order valence-electron chi connectivity index (χ4n) is 2.56. The van der Waals surface area contributed by atoms with Crippen molar-refractivity contribution in [3.8, 4) is 10.7 Å². The minimum absolute atomic E-state index is 0.0492. The number of anilines is 2. The number of carbonyl (C=O) groups is 1. The summed E-state index contributed by atoms with van der Waals surface area (Å²) >= 11 is 1.35. The van der Waals surface area contributed by atoms with E-state index in [4.69, 9.17) is 0 Å². The molecule has 0 saturated carbocycles. The molecule has 0 atom stereocenters. The lowest BCUT2D eigenvalue weighted by atomic mass is 10.1. The zero-order chi connectivity index (χ0) is 20.3. The van der Waals surface area contributed by atoms with Crippen molar-refractivity contribution < 1.29 is 18.0 Å². The Kier molecular flexibility index (Phi) is 5.64. The van der Waals surface area contributed by atoms with E-state index in [0.29, 0.717) is 22.1 Å². The van der Waals surface area contributed by atoms with Crippen LogP contribution in [0.25, 0.3) is 10.7 Å². The van der Waals surface area contributed by atoms with Gasteiger partial charge in [0.1, 0.15) is 5.01 Å².